The molecular formula is C10H15N3O6S. The lowest BCUT2D eigenvalue weighted by atomic mass is 10.2. The molecule has 0 saturated carbocycles. The predicted octanol–water partition coefficient (Wildman–Crippen LogP) is -0.771. The minimum Gasteiger partial charge on any atom is -0.611 e. The zero-order valence-corrected chi connectivity index (χ0v) is 11.5. The summed E-state index contributed by atoms with van der Waals surface area (Å²) in [5.74, 6) is 0. The summed E-state index contributed by atoms with van der Waals surface area (Å²) in [6.45, 7) is 5.74. The molecule has 0 atom stereocenters. The third kappa shape index (κ3) is 3.78. The fourth-order valence-corrected chi connectivity index (χ4v) is 3.11. The van der Waals surface area contributed by atoms with Crippen molar-refractivity contribution in [2.75, 3.05) is 13.1 Å². The molecule has 2 N–H and O–H groups in total. The first-order chi connectivity index (χ1) is 9.27. The number of sulfone groups is 1. The molecular weight excluding hydrogens is 290 g/mol. The van der Waals surface area contributed by atoms with Crippen LogP contribution in [0.25, 0.3) is 0 Å². The summed E-state index contributed by atoms with van der Waals surface area (Å²) in [6.07, 6.45) is 4.36. The summed E-state index contributed by atoms with van der Waals surface area (Å²) in [5.41, 5.74) is -1.56. The van der Waals surface area contributed by atoms with Gasteiger partial charge in [-0.3, -0.25) is 10.1 Å². The standard InChI is InChI=1S/C5H3N2O6S.C5H11N/c1-3-4(6(8)9)2-14(12,13)5(3)7(10)11;1-2-4-6-5-3-1/h2H,1H2;6H,1-5H2/q-1;/p+1. The normalized spacial score (nSPS) is 20.7. The molecule has 0 unspecified atom stereocenters. The monoisotopic (exact) mass is 305 g/mol. The molecule has 0 aliphatic carbocycles. The Balaban J connectivity index is 0.000000276. The minimum atomic E-state index is -4.32. The van der Waals surface area contributed by atoms with E-state index < -0.39 is 36.0 Å². The fourth-order valence-electron chi connectivity index (χ4n) is 1.82. The zero-order valence-electron chi connectivity index (χ0n) is 10.6. The maximum absolute atomic E-state index is 11.0. The number of hydrogen-bond donors (Lipinski definition) is 1. The Hall–Kier alpha value is -1.94. The van der Waals surface area contributed by atoms with E-state index in [1.54, 1.807) is 0 Å². The van der Waals surface area contributed by atoms with Gasteiger partial charge in [-0.25, -0.2) is 8.42 Å². The van der Waals surface area contributed by atoms with E-state index in [-0.39, 0.29) is 5.41 Å². The Morgan fingerprint density at radius 2 is 1.70 bits per heavy atom. The summed E-state index contributed by atoms with van der Waals surface area (Å²) < 4.78 is 22.0. The number of nitrogens with zero attached hydrogens (tertiary/aromatic N) is 2. The molecule has 2 rings (SSSR count). The first-order valence-corrected chi connectivity index (χ1v) is 7.46. The Kier molecular flexibility index (Phi) is 5.22. The lowest BCUT2D eigenvalue weighted by molar-refractivity contribution is -0.662. The fraction of sp³-hybridized carbons (Fsp3) is 0.500. The maximum Gasteiger partial charge on any atom is 0.332 e. The van der Waals surface area contributed by atoms with Gasteiger partial charge in [0, 0.05) is 0 Å². The van der Waals surface area contributed by atoms with E-state index in [4.69, 9.17) is 0 Å². The zero-order chi connectivity index (χ0) is 15.3. The largest absolute Gasteiger partial charge is 0.611 e. The molecule has 1 fully saturated rings. The number of allylic oxidation sites excluding steroid dienone is 1. The van der Waals surface area contributed by atoms with Crippen molar-refractivity contribution in [3.8, 4) is 0 Å². The molecule has 0 amide bonds. The summed E-state index contributed by atoms with van der Waals surface area (Å²) in [4.78, 5) is 8.01. The van der Waals surface area contributed by atoms with E-state index in [2.05, 4.69) is 11.9 Å². The summed E-state index contributed by atoms with van der Waals surface area (Å²) in [7, 11) is -4.32. The Labute approximate surface area is 115 Å². The van der Waals surface area contributed by atoms with Gasteiger partial charge >= 0.3 is 5.04 Å². The molecule has 0 aromatic rings. The third-order valence-corrected chi connectivity index (χ3v) is 4.25. The Bertz CT molecular complexity index is 558. The van der Waals surface area contributed by atoms with Crippen LogP contribution in [0.3, 0.4) is 0 Å². The SMILES string of the molecule is C1CC[NH2+]CC1.C=C1C([N+](=O)[O-])=CS(=O)(=O)C1=[N+]([O-])[O-]. The summed E-state index contributed by atoms with van der Waals surface area (Å²) >= 11 is 0. The molecule has 0 radical (unpaired) electrons. The number of piperidine rings is 1. The average molecular weight is 305 g/mol. The summed E-state index contributed by atoms with van der Waals surface area (Å²) in [5, 5.41) is 32.2. The van der Waals surface area contributed by atoms with Crippen LogP contribution in [0, 0.1) is 20.5 Å². The van der Waals surface area contributed by atoms with Gasteiger partial charge in [0.1, 0.15) is 11.0 Å². The van der Waals surface area contributed by atoms with E-state index in [9.17, 15) is 28.9 Å². The molecule has 2 heterocycles. The second-order valence-electron chi connectivity index (χ2n) is 4.27. The lowest BCUT2D eigenvalue weighted by Crippen LogP contribution is -2.85. The molecule has 9 nitrogen and oxygen atoms in total. The highest BCUT2D eigenvalue weighted by atomic mass is 32.2. The van der Waals surface area contributed by atoms with Gasteiger partial charge in [-0.1, -0.05) is 6.58 Å². The molecule has 0 spiro atoms. The van der Waals surface area contributed by atoms with E-state index in [1.165, 1.54) is 32.4 Å². The maximum atomic E-state index is 11.0. The van der Waals surface area contributed by atoms with Crippen molar-refractivity contribution in [2.45, 2.75) is 19.3 Å². The number of quaternary nitrogens is 1. The van der Waals surface area contributed by atoms with Crippen molar-refractivity contribution < 1.29 is 23.6 Å². The van der Waals surface area contributed by atoms with Crippen LogP contribution in [-0.2, 0) is 9.84 Å². The molecule has 0 bridgehead atoms. The van der Waals surface area contributed by atoms with Crippen molar-refractivity contribution >= 4 is 14.9 Å². The van der Waals surface area contributed by atoms with Crippen LogP contribution >= 0.6 is 0 Å². The van der Waals surface area contributed by atoms with Gasteiger partial charge in [0.25, 0.3) is 15.5 Å². The van der Waals surface area contributed by atoms with Crippen LogP contribution in [0.4, 0.5) is 0 Å². The molecule has 20 heavy (non-hydrogen) atoms. The quantitative estimate of drug-likeness (QED) is 0.383. The molecule has 2 aliphatic heterocycles. The topological polar surface area (TPSA) is 143 Å². The summed E-state index contributed by atoms with van der Waals surface area (Å²) in [6, 6.07) is 0. The predicted molar refractivity (Wildman–Crippen MR) is 70.6 cm³/mol. The van der Waals surface area contributed by atoms with Crippen molar-refractivity contribution in [3.05, 3.63) is 43.8 Å². The smallest absolute Gasteiger partial charge is 0.332 e. The van der Waals surface area contributed by atoms with Gasteiger partial charge in [0.2, 0.25) is 0 Å². The van der Waals surface area contributed by atoms with Crippen LogP contribution in [-0.4, -0.2) is 36.4 Å². The van der Waals surface area contributed by atoms with E-state index >= 15 is 0 Å². The number of hydrogen-bond acceptors (Lipinski definition) is 6. The number of nitro groups is 1. The Morgan fingerprint density at radius 1 is 1.15 bits per heavy atom. The van der Waals surface area contributed by atoms with Crippen molar-refractivity contribution in [1.82, 2.24) is 0 Å². The minimum absolute atomic E-state index is 0.230. The first-order valence-electron chi connectivity index (χ1n) is 5.91. The van der Waals surface area contributed by atoms with Gasteiger partial charge in [0.05, 0.1) is 18.0 Å². The second kappa shape index (κ2) is 6.48. The second-order valence-corrected chi connectivity index (χ2v) is 5.99. The van der Waals surface area contributed by atoms with Crippen LogP contribution in [0.15, 0.2) is 23.3 Å². The number of rotatable bonds is 1. The van der Waals surface area contributed by atoms with Crippen molar-refractivity contribution in [3.63, 3.8) is 0 Å². The average Bonchev–Trinajstić information content (AvgIpc) is 2.62. The van der Waals surface area contributed by atoms with Gasteiger partial charge < -0.3 is 15.7 Å². The molecule has 10 heteroatoms. The van der Waals surface area contributed by atoms with E-state index in [1.807, 2.05) is 0 Å². The molecule has 2 aliphatic rings. The number of nitrogens with two attached hydrogens (primary N) is 1. The van der Waals surface area contributed by atoms with Crippen molar-refractivity contribution in [2.24, 2.45) is 0 Å². The molecule has 112 valence electrons. The van der Waals surface area contributed by atoms with Gasteiger partial charge in [-0.05, 0) is 19.3 Å². The van der Waals surface area contributed by atoms with Crippen LogP contribution in [0.2, 0.25) is 0 Å². The van der Waals surface area contributed by atoms with E-state index in [0.717, 1.165) is 0 Å². The third-order valence-electron chi connectivity index (χ3n) is 2.78. The lowest BCUT2D eigenvalue weighted by Gasteiger charge is -2.05. The highest BCUT2D eigenvalue weighted by molar-refractivity contribution is 8.09. The first kappa shape index (κ1) is 16.1. The van der Waals surface area contributed by atoms with Crippen LogP contribution in [0.5, 0.6) is 0 Å². The highest BCUT2D eigenvalue weighted by Gasteiger charge is 2.43. The van der Waals surface area contributed by atoms with E-state index in [0.29, 0.717) is 0 Å². The van der Waals surface area contributed by atoms with Gasteiger partial charge in [0.15, 0.2) is 0 Å². The van der Waals surface area contributed by atoms with Crippen LogP contribution < -0.4 is 5.32 Å². The van der Waals surface area contributed by atoms with Gasteiger partial charge in [-0.15, -0.1) is 0 Å². The molecule has 1 saturated heterocycles. The molecule has 0 aromatic heterocycles. The van der Waals surface area contributed by atoms with Crippen molar-refractivity contribution in [1.29, 1.82) is 0 Å². The highest BCUT2D eigenvalue weighted by Crippen LogP contribution is 2.24. The Morgan fingerprint density at radius 3 is 1.90 bits per heavy atom. The van der Waals surface area contributed by atoms with Gasteiger partial charge in [-0.2, -0.15) is 4.90 Å². The van der Waals surface area contributed by atoms with Crippen LogP contribution in [0.1, 0.15) is 19.3 Å². The molecule has 0 aromatic carbocycles.